The monoisotopic (exact) mass is 228 g/mol. The number of likely N-dealkylation sites (N-methyl/N-ethyl adjacent to an activating group) is 1. The van der Waals surface area contributed by atoms with Crippen molar-refractivity contribution >= 4 is 16.5 Å². The molecule has 0 saturated carbocycles. The smallest absolute Gasteiger partial charge is 0.205 e. The van der Waals surface area contributed by atoms with Crippen LogP contribution in [-0.2, 0) is 11.3 Å². The van der Waals surface area contributed by atoms with E-state index in [-0.39, 0.29) is 0 Å². The number of nitrogens with zero attached hydrogens (tertiary/aromatic N) is 3. The van der Waals surface area contributed by atoms with Crippen molar-refractivity contribution in [3.63, 3.8) is 0 Å². The molecule has 0 amide bonds. The SMILES string of the molecule is CNc1nnc(CN(C)C2CCOC2)s1. The molecule has 0 radical (unpaired) electrons. The lowest BCUT2D eigenvalue weighted by Crippen LogP contribution is -2.31. The molecule has 6 heteroatoms. The van der Waals surface area contributed by atoms with Gasteiger partial charge in [0.15, 0.2) is 0 Å². The Labute approximate surface area is 93.5 Å². The van der Waals surface area contributed by atoms with E-state index >= 15 is 0 Å². The summed E-state index contributed by atoms with van der Waals surface area (Å²) in [5.41, 5.74) is 0. The van der Waals surface area contributed by atoms with E-state index in [1.807, 2.05) is 7.05 Å². The summed E-state index contributed by atoms with van der Waals surface area (Å²) >= 11 is 1.60. The zero-order chi connectivity index (χ0) is 10.7. The van der Waals surface area contributed by atoms with Crippen molar-refractivity contribution < 1.29 is 4.74 Å². The van der Waals surface area contributed by atoms with Gasteiger partial charge in [0, 0.05) is 19.7 Å². The lowest BCUT2D eigenvalue weighted by Gasteiger charge is -2.20. The molecule has 1 atom stereocenters. The van der Waals surface area contributed by atoms with Crippen LogP contribution in [0.1, 0.15) is 11.4 Å². The maximum atomic E-state index is 5.36. The molecule has 1 saturated heterocycles. The van der Waals surface area contributed by atoms with E-state index in [4.69, 9.17) is 4.74 Å². The van der Waals surface area contributed by atoms with Gasteiger partial charge in [0.05, 0.1) is 13.2 Å². The molecular formula is C9H16N4OS. The van der Waals surface area contributed by atoms with Crippen molar-refractivity contribution in [2.45, 2.75) is 19.0 Å². The number of hydrogen-bond donors (Lipinski definition) is 1. The van der Waals surface area contributed by atoms with Crippen LogP contribution in [0.4, 0.5) is 5.13 Å². The molecule has 0 aromatic carbocycles. The second kappa shape index (κ2) is 4.87. The minimum absolute atomic E-state index is 0.534. The van der Waals surface area contributed by atoms with Crippen molar-refractivity contribution in [3.05, 3.63) is 5.01 Å². The second-order valence-corrected chi connectivity index (χ2v) is 4.75. The van der Waals surface area contributed by atoms with E-state index in [9.17, 15) is 0 Å². The number of ether oxygens (including phenoxy) is 1. The predicted molar refractivity (Wildman–Crippen MR) is 60.1 cm³/mol. The van der Waals surface area contributed by atoms with Crippen molar-refractivity contribution in [1.82, 2.24) is 15.1 Å². The summed E-state index contributed by atoms with van der Waals surface area (Å²) in [5.74, 6) is 0. The summed E-state index contributed by atoms with van der Waals surface area (Å²) in [5, 5.41) is 13.1. The van der Waals surface area contributed by atoms with Gasteiger partial charge < -0.3 is 10.1 Å². The zero-order valence-corrected chi connectivity index (χ0v) is 9.88. The Morgan fingerprint density at radius 1 is 1.60 bits per heavy atom. The summed E-state index contributed by atoms with van der Waals surface area (Å²) in [6.07, 6.45) is 1.12. The average molecular weight is 228 g/mol. The standard InChI is InChI=1S/C9H16N4OS/c1-10-9-12-11-8(15-9)5-13(2)7-3-4-14-6-7/h7H,3-6H2,1-2H3,(H,10,12). The zero-order valence-electron chi connectivity index (χ0n) is 9.06. The molecule has 0 aliphatic carbocycles. The van der Waals surface area contributed by atoms with E-state index in [1.54, 1.807) is 11.3 Å². The molecule has 5 nitrogen and oxygen atoms in total. The van der Waals surface area contributed by atoms with E-state index in [2.05, 4.69) is 27.5 Å². The Morgan fingerprint density at radius 3 is 3.07 bits per heavy atom. The van der Waals surface area contributed by atoms with Gasteiger partial charge in [-0.3, -0.25) is 4.90 Å². The van der Waals surface area contributed by atoms with Crippen LogP contribution in [0, 0.1) is 0 Å². The lowest BCUT2D eigenvalue weighted by atomic mass is 10.2. The quantitative estimate of drug-likeness (QED) is 0.826. The third-order valence-corrected chi connectivity index (χ3v) is 3.52. The fraction of sp³-hybridized carbons (Fsp3) is 0.778. The first-order valence-electron chi connectivity index (χ1n) is 5.07. The number of rotatable bonds is 4. The number of hydrogen-bond acceptors (Lipinski definition) is 6. The summed E-state index contributed by atoms with van der Waals surface area (Å²) in [6, 6.07) is 0.534. The minimum atomic E-state index is 0.534. The average Bonchev–Trinajstić information content (AvgIpc) is 2.87. The Bertz CT molecular complexity index is 311. The van der Waals surface area contributed by atoms with Gasteiger partial charge in [-0.25, -0.2) is 0 Å². The van der Waals surface area contributed by atoms with E-state index in [0.717, 1.165) is 36.3 Å². The van der Waals surface area contributed by atoms with Crippen LogP contribution < -0.4 is 5.32 Å². The van der Waals surface area contributed by atoms with Crippen LogP contribution in [0.25, 0.3) is 0 Å². The second-order valence-electron chi connectivity index (χ2n) is 3.68. The fourth-order valence-corrected chi connectivity index (χ4v) is 2.39. The molecule has 1 aromatic rings. The van der Waals surface area contributed by atoms with Crippen LogP contribution in [0.15, 0.2) is 0 Å². The lowest BCUT2D eigenvalue weighted by molar-refractivity contribution is 0.156. The fourth-order valence-electron chi connectivity index (χ4n) is 1.63. The maximum absolute atomic E-state index is 5.36. The summed E-state index contributed by atoms with van der Waals surface area (Å²) in [4.78, 5) is 2.28. The first-order valence-corrected chi connectivity index (χ1v) is 5.89. The highest BCUT2D eigenvalue weighted by atomic mass is 32.1. The highest BCUT2D eigenvalue weighted by molar-refractivity contribution is 7.15. The van der Waals surface area contributed by atoms with E-state index < -0.39 is 0 Å². The molecule has 1 N–H and O–H groups in total. The van der Waals surface area contributed by atoms with E-state index in [1.165, 1.54) is 0 Å². The normalized spacial score (nSPS) is 21.1. The van der Waals surface area contributed by atoms with E-state index in [0.29, 0.717) is 6.04 Å². The highest BCUT2D eigenvalue weighted by Crippen LogP contribution is 2.18. The molecule has 15 heavy (non-hydrogen) atoms. The van der Waals surface area contributed by atoms with Gasteiger partial charge in [-0.05, 0) is 13.5 Å². The van der Waals surface area contributed by atoms with Crippen LogP contribution >= 0.6 is 11.3 Å². The van der Waals surface area contributed by atoms with Crippen molar-refractivity contribution in [2.24, 2.45) is 0 Å². The molecule has 2 rings (SSSR count). The van der Waals surface area contributed by atoms with Crippen molar-refractivity contribution in [2.75, 3.05) is 32.6 Å². The topological polar surface area (TPSA) is 50.3 Å². The van der Waals surface area contributed by atoms with Crippen molar-refractivity contribution in [3.8, 4) is 0 Å². The molecule has 1 aromatic heterocycles. The first kappa shape index (κ1) is 10.8. The number of aromatic nitrogens is 2. The molecule has 1 aliphatic heterocycles. The predicted octanol–water partition coefficient (Wildman–Crippen LogP) is 0.800. The molecule has 0 bridgehead atoms. The Hall–Kier alpha value is -0.720. The Kier molecular flexibility index (Phi) is 3.50. The summed E-state index contributed by atoms with van der Waals surface area (Å²) < 4.78 is 5.36. The van der Waals surface area contributed by atoms with Gasteiger partial charge in [0.1, 0.15) is 5.01 Å². The third-order valence-electron chi connectivity index (χ3n) is 2.59. The van der Waals surface area contributed by atoms with Gasteiger partial charge in [-0.15, -0.1) is 10.2 Å². The summed E-state index contributed by atoms with van der Waals surface area (Å²) in [7, 11) is 3.97. The molecule has 84 valence electrons. The Balaban J connectivity index is 1.89. The highest BCUT2D eigenvalue weighted by Gasteiger charge is 2.21. The van der Waals surface area contributed by atoms with Gasteiger partial charge in [-0.1, -0.05) is 11.3 Å². The maximum Gasteiger partial charge on any atom is 0.205 e. The van der Waals surface area contributed by atoms with Crippen LogP contribution in [-0.4, -0.2) is 48.4 Å². The minimum Gasteiger partial charge on any atom is -0.380 e. The summed E-state index contributed by atoms with van der Waals surface area (Å²) in [6.45, 7) is 2.58. The third kappa shape index (κ3) is 2.64. The number of nitrogens with one attached hydrogen (secondary N) is 1. The van der Waals surface area contributed by atoms with Crippen molar-refractivity contribution in [1.29, 1.82) is 0 Å². The molecular weight excluding hydrogens is 212 g/mol. The van der Waals surface area contributed by atoms with Gasteiger partial charge in [-0.2, -0.15) is 0 Å². The molecule has 1 fully saturated rings. The first-order chi connectivity index (χ1) is 7.29. The Morgan fingerprint density at radius 2 is 2.47 bits per heavy atom. The molecule has 1 unspecified atom stereocenters. The number of anilines is 1. The molecule has 0 spiro atoms. The van der Waals surface area contributed by atoms with Crippen LogP contribution in [0.2, 0.25) is 0 Å². The van der Waals surface area contributed by atoms with Crippen LogP contribution in [0.3, 0.4) is 0 Å². The van der Waals surface area contributed by atoms with Crippen LogP contribution in [0.5, 0.6) is 0 Å². The van der Waals surface area contributed by atoms with Gasteiger partial charge >= 0.3 is 0 Å². The molecule has 2 heterocycles. The molecule has 1 aliphatic rings. The largest absolute Gasteiger partial charge is 0.380 e. The van der Waals surface area contributed by atoms with Gasteiger partial charge in [0.2, 0.25) is 5.13 Å². The van der Waals surface area contributed by atoms with Gasteiger partial charge in [0.25, 0.3) is 0 Å².